The Hall–Kier alpha value is 0.0400. The molecule has 0 saturated heterocycles. The van der Waals surface area contributed by atoms with Gasteiger partial charge in [0.25, 0.3) is 0 Å². The molecule has 0 amide bonds. The van der Waals surface area contributed by atoms with Crippen LogP contribution in [-0.4, -0.2) is 2.87 Å². The molecule has 15 heavy (non-hydrogen) atoms. The van der Waals surface area contributed by atoms with Gasteiger partial charge in [-0.3, -0.25) is 0 Å². The van der Waals surface area contributed by atoms with E-state index >= 15 is 0 Å². The quantitative estimate of drug-likeness (QED) is 0.319. The second-order valence-corrected chi connectivity index (χ2v) is 6.49. The Bertz CT molecular complexity index is 396. The third kappa shape index (κ3) is 2.59. The average molecular weight is 330 g/mol. The summed E-state index contributed by atoms with van der Waals surface area (Å²) >= 11 is 7.53. The highest BCUT2D eigenvalue weighted by atomic mass is 127. The summed E-state index contributed by atoms with van der Waals surface area (Å²) in [5.41, 5.74) is 5.70. The van der Waals surface area contributed by atoms with Crippen molar-refractivity contribution >= 4 is 37.7 Å². The van der Waals surface area contributed by atoms with Gasteiger partial charge in [0.15, 0.2) is 0 Å². The monoisotopic (exact) mass is 330 g/mol. The maximum absolute atomic E-state index is 5.28. The van der Waals surface area contributed by atoms with Crippen LogP contribution in [0.4, 0.5) is 0 Å². The Morgan fingerprint density at radius 3 is 2.33 bits per heavy atom. The van der Waals surface area contributed by atoms with Gasteiger partial charge in [-0.25, -0.2) is 0 Å². The van der Waals surface area contributed by atoms with Crippen molar-refractivity contribution in [2.45, 2.75) is 39.0 Å². The number of fused-ring (bicyclic) bond motifs is 1. The van der Waals surface area contributed by atoms with Crippen LogP contribution in [0.1, 0.15) is 41.5 Å². The number of aryl methyl sites for hydroxylation is 3. The van der Waals surface area contributed by atoms with Gasteiger partial charge in [0.05, 0.1) is 2.87 Å². The molecule has 0 bridgehead atoms. The number of hydrogen-bond donors (Lipinski definition) is 0. The summed E-state index contributed by atoms with van der Waals surface area (Å²) in [6, 6.07) is 4.67. The standard InChI is InChI=1S/C13H15IS/c1-9-7-10-5-3-2-4-6-11(10)8-12(9)13(14)15/h7-8H,2-6H2,1H3. The molecule has 0 saturated carbocycles. The highest BCUT2D eigenvalue weighted by Gasteiger charge is 2.11. The van der Waals surface area contributed by atoms with Crippen LogP contribution in [0.5, 0.6) is 0 Å². The van der Waals surface area contributed by atoms with Gasteiger partial charge in [0.2, 0.25) is 0 Å². The molecule has 0 atom stereocenters. The fourth-order valence-electron chi connectivity index (χ4n) is 2.30. The van der Waals surface area contributed by atoms with Gasteiger partial charge in [-0.05, 0) is 78.0 Å². The lowest BCUT2D eigenvalue weighted by atomic mass is 9.97. The first-order chi connectivity index (χ1) is 7.18. The number of hydrogen-bond acceptors (Lipinski definition) is 1. The smallest absolute Gasteiger partial charge is 0.0723 e. The van der Waals surface area contributed by atoms with Gasteiger partial charge in [-0.2, -0.15) is 0 Å². The van der Waals surface area contributed by atoms with E-state index in [-0.39, 0.29) is 0 Å². The van der Waals surface area contributed by atoms with E-state index < -0.39 is 0 Å². The molecule has 1 aliphatic carbocycles. The minimum atomic E-state index is 0.997. The number of rotatable bonds is 1. The maximum atomic E-state index is 5.28. The van der Waals surface area contributed by atoms with Crippen LogP contribution in [0.15, 0.2) is 12.1 Å². The van der Waals surface area contributed by atoms with Crippen LogP contribution >= 0.6 is 34.8 Å². The Morgan fingerprint density at radius 2 is 1.73 bits per heavy atom. The Kier molecular flexibility index (Phi) is 3.78. The van der Waals surface area contributed by atoms with Crippen LogP contribution in [0.25, 0.3) is 0 Å². The highest BCUT2D eigenvalue weighted by Crippen LogP contribution is 2.25. The fraction of sp³-hybridized carbons (Fsp3) is 0.462. The van der Waals surface area contributed by atoms with Gasteiger partial charge >= 0.3 is 0 Å². The van der Waals surface area contributed by atoms with Crippen molar-refractivity contribution in [3.8, 4) is 0 Å². The van der Waals surface area contributed by atoms with E-state index in [9.17, 15) is 0 Å². The lowest BCUT2D eigenvalue weighted by Gasteiger charge is -2.11. The zero-order chi connectivity index (χ0) is 10.8. The molecule has 80 valence electrons. The summed E-state index contributed by atoms with van der Waals surface area (Å²) in [7, 11) is 0. The molecule has 1 aliphatic rings. The van der Waals surface area contributed by atoms with Gasteiger partial charge in [-0.1, -0.05) is 24.7 Å². The van der Waals surface area contributed by atoms with Crippen molar-refractivity contribution in [3.63, 3.8) is 0 Å². The molecule has 0 unspecified atom stereocenters. The lowest BCUT2D eigenvalue weighted by molar-refractivity contribution is 0.711. The molecule has 0 spiro atoms. The molecule has 0 nitrogen and oxygen atoms in total. The Labute approximate surface area is 111 Å². The average Bonchev–Trinajstić information content (AvgIpc) is 2.40. The lowest BCUT2D eigenvalue weighted by Crippen LogP contribution is -1.99. The Morgan fingerprint density at radius 1 is 1.13 bits per heavy atom. The molecular weight excluding hydrogens is 315 g/mol. The third-order valence-electron chi connectivity index (χ3n) is 3.15. The number of benzene rings is 1. The largest absolute Gasteiger partial charge is 0.0835 e. The van der Waals surface area contributed by atoms with E-state index in [0.717, 1.165) is 2.87 Å². The predicted octanol–water partition coefficient (Wildman–Crippen LogP) is 4.37. The molecule has 0 heterocycles. The van der Waals surface area contributed by atoms with E-state index in [1.165, 1.54) is 48.8 Å². The van der Waals surface area contributed by atoms with Gasteiger partial charge in [0.1, 0.15) is 0 Å². The molecular formula is C13H15IS. The molecule has 2 rings (SSSR count). The topological polar surface area (TPSA) is 0 Å². The normalized spacial score (nSPS) is 15.6. The maximum Gasteiger partial charge on any atom is 0.0835 e. The summed E-state index contributed by atoms with van der Waals surface area (Å²) in [6.07, 6.45) is 6.55. The van der Waals surface area contributed by atoms with Gasteiger partial charge in [-0.15, -0.1) is 0 Å². The predicted molar refractivity (Wildman–Crippen MR) is 78.2 cm³/mol. The van der Waals surface area contributed by atoms with Crippen LogP contribution < -0.4 is 0 Å². The summed E-state index contributed by atoms with van der Waals surface area (Å²) in [5, 5.41) is 0. The van der Waals surface area contributed by atoms with Crippen molar-refractivity contribution in [2.75, 3.05) is 0 Å². The molecule has 1 aromatic carbocycles. The number of thiocarbonyl (C=S) groups is 1. The van der Waals surface area contributed by atoms with Gasteiger partial charge in [0, 0.05) is 5.56 Å². The van der Waals surface area contributed by atoms with E-state index in [4.69, 9.17) is 12.2 Å². The first-order valence-electron chi connectivity index (χ1n) is 5.50. The zero-order valence-corrected chi connectivity index (χ0v) is 12.0. The van der Waals surface area contributed by atoms with Crippen LogP contribution in [0, 0.1) is 6.92 Å². The van der Waals surface area contributed by atoms with Crippen LogP contribution in [0.2, 0.25) is 0 Å². The first kappa shape index (κ1) is 11.5. The van der Waals surface area contributed by atoms with Crippen molar-refractivity contribution < 1.29 is 0 Å². The van der Waals surface area contributed by atoms with Crippen LogP contribution in [0.3, 0.4) is 0 Å². The summed E-state index contributed by atoms with van der Waals surface area (Å²) in [6.45, 7) is 2.17. The third-order valence-corrected chi connectivity index (χ3v) is 3.95. The van der Waals surface area contributed by atoms with Crippen molar-refractivity contribution in [1.82, 2.24) is 0 Å². The van der Waals surface area contributed by atoms with Gasteiger partial charge < -0.3 is 0 Å². The zero-order valence-electron chi connectivity index (χ0n) is 8.98. The van der Waals surface area contributed by atoms with E-state index in [2.05, 4.69) is 41.6 Å². The molecule has 0 radical (unpaired) electrons. The van der Waals surface area contributed by atoms with Crippen molar-refractivity contribution in [2.24, 2.45) is 0 Å². The molecule has 0 aliphatic heterocycles. The van der Waals surface area contributed by atoms with E-state index in [1.807, 2.05) is 0 Å². The fourth-order valence-corrected chi connectivity index (χ4v) is 3.10. The molecule has 0 N–H and O–H groups in total. The van der Waals surface area contributed by atoms with Crippen molar-refractivity contribution in [3.05, 3.63) is 34.4 Å². The summed E-state index contributed by atoms with van der Waals surface area (Å²) in [5.74, 6) is 0. The molecule has 0 aromatic heterocycles. The Balaban J connectivity index is 2.47. The number of halogens is 1. The molecule has 2 heteroatoms. The summed E-state index contributed by atoms with van der Waals surface area (Å²) < 4.78 is 0.997. The molecule has 1 aromatic rings. The second-order valence-electron chi connectivity index (χ2n) is 4.27. The second kappa shape index (κ2) is 4.91. The van der Waals surface area contributed by atoms with Crippen LogP contribution in [-0.2, 0) is 12.8 Å². The molecule has 0 fully saturated rings. The summed E-state index contributed by atoms with van der Waals surface area (Å²) in [4.78, 5) is 0. The minimum absolute atomic E-state index is 0.997. The highest BCUT2D eigenvalue weighted by molar-refractivity contribution is 14.1. The SMILES string of the molecule is Cc1cc2c(cc1C(=S)I)CCCCC2. The first-order valence-corrected chi connectivity index (χ1v) is 6.99. The van der Waals surface area contributed by atoms with Crippen molar-refractivity contribution in [1.29, 1.82) is 0 Å². The van der Waals surface area contributed by atoms with E-state index in [0.29, 0.717) is 0 Å². The minimum Gasteiger partial charge on any atom is -0.0723 e. The van der Waals surface area contributed by atoms with E-state index in [1.54, 1.807) is 5.56 Å².